The van der Waals surface area contributed by atoms with Crippen LogP contribution in [0, 0.1) is 0 Å². The van der Waals surface area contributed by atoms with Gasteiger partial charge < -0.3 is 14.0 Å². The van der Waals surface area contributed by atoms with E-state index in [9.17, 15) is 4.79 Å². The monoisotopic (exact) mass is 296 g/mol. The van der Waals surface area contributed by atoms with Crippen molar-refractivity contribution in [2.75, 3.05) is 13.2 Å². The molecule has 1 heterocycles. The summed E-state index contributed by atoms with van der Waals surface area (Å²) in [5.41, 5.74) is -0.457. The fourth-order valence-electron chi connectivity index (χ4n) is 2.86. The average Bonchev–Trinajstić information content (AvgIpc) is 2.79. The molecule has 0 N–H and O–H groups in total. The van der Waals surface area contributed by atoms with Gasteiger partial charge in [0.1, 0.15) is 12.0 Å². The lowest BCUT2D eigenvalue weighted by Gasteiger charge is -2.29. The van der Waals surface area contributed by atoms with Gasteiger partial charge in [-0.3, -0.25) is 4.79 Å². The van der Waals surface area contributed by atoms with Gasteiger partial charge >= 0.3 is 5.97 Å². The highest BCUT2D eigenvalue weighted by Crippen LogP contribution is 2.37. The SMILES string of the molecule is CCOC(=O)Cc1nc(C2(OCC)CCCCCC2)no1. The maximum Gasteiger partial charge on any atom is 0.315 e. The van der Waals surface area contributed by atoms with Crippen molar-refractivity contribution in [2.45, 2.75) is 64.4 Å². The zero-order valence-corrected chi connectivity index (χ0v) is 12.9. The molecule has 0 saturated heterocycles. The zero-order chi connectivity index (χ0) is 15.1. The van der Waals surface area contributed by atoms with E-state index in [2.05, 4.69) is 10.1 Å². The summed E-state index contributed by atoms with van der Waals surface area (Å²) in [6, 6.07) is 0. The maximum absolute atomic E-state index is 11.5. The van der Waals surface area contributed by atoms with Crippen molar-refractivity contribution in [1.82, 2.24) is 10.1 Å². The van der Waals surface area contributed by atoms with Crippen molar-refractivity contribution < 1.29 is 18.8 Å². The molecule has 1 aromatic rings. The van der Waals surface area contributed by atoms with Crippen molar-refractivity contribution in [3.05, 3.63) is 11.7 Å². The van der Waals surface area contributed by atoms with Crippen LogP contribution in [0.5, 0.6) is 0 Å². The van der Waals surface area contributed by atoms with Crippen LogP contribution in [0.3, 0.4) is 0 Å². The Morgan fingerprint density at radius 2 is 1.90 bits per heavy atom. The van der Waals surface area contributed by atoms with Gasteiger partial charge in [-0.05, 0) is 26.7 Å². The fraction of sp³-hybridized carbons (Fsp3) is 0.800. The van der Waals surface area contributed by atoms with E-state index in [4.69, 9.17) is 14.0 Å². The minimum absolute atomic E-state index is 0.0169. The first-order valence-corrected chi connectivity index (χ1v) is 7.83. The Balaban J connectivity index is 2.13. The van der Waals surface area contributed by atoms with Crippen LogP contribution in [0.2, 0.25) is 0 Å². The lowest BCUT2D eigenvalue weighted by molar-refractivity contribution is -0.142. The number of ether oxygens (including phenoxy) is 2. The van der Waals surface area contributed by atoms with E-state index < -0.39 is 5.60 Å². The smallest absolute Gasteiger partial charge is 0.315 e. The molecular weight excluding hydrogens is 272 g/mol. The molecule has 0 aliphatic heterocycles. The Kier molecular flexibility index (Phi) is 5.73. The van der Waals surface area contributed by atoms with Gasteiger partial charge in [-0.25, -0.2) is 0 Å². The van der Waals surface area contributed by atoms with Crippen molar-refractivity contribution in [3.8, 4) is 0 Å². The van der Waals surface area contributed by atoms with Gasteiger partial charge in [-0.2, -0.15) is 4.98 Å². The van der Waals surface area contributed by atoms with Crippen molar-refractivity contribution in [3.63, 3.8) is 0 Å². The van der Waals surface area contributed by atoms with Crippen LogP contribution in [-0.4, -0.2) is 29.3 Å². The third-order valence-electron chi connectivity index (χ3n) is 3.81. The second kappa shape index (κ2) is 7.54. The number of hydrogen-bond acceptors (Lipinski definition) is 6. The Hall–Kier alpha value is -1.43. The Labute approximate surface area is 125 Å². The van der Waals surface area contributed by atoms with Gasteiger partial charge in [0.25, 0.3) is 0 Å². The molecule has 21 heavy (non-hydrogen) atoms. The highest BCUT2D eigenvalue weighted by atomic mass is 16.5. The minimum atomic E-state index is -0.457. The maximum atomic E-state index is 11.5. The van der Waals surface area contributed by atoms with Crippen LogP contribution >= 0.6 is 0 Å². The summed E-state index contributed by atoms with van der Waals surface area (Å²) in [4.78, 5) is 15.9. The number of esters is 1. The van der Waals surface area contributed by atoms with Gasteiger partial charge in [0.15, 0.2) is 0 Å². The lowest BCUT2D eigenvalue weighted by atomic mass is 9.93. The van der Waals surface area contributed by atoms with E-state index in [-0.39, 0.29) is 12.4 Å². The number of nitrogens with zero attached hydrogens (tertiary/aromatic N) is 2. The first-order valence-electron chi connectivity index (χ1n) is 7.83. The van der Waals surface area contributed by atoms with E-state index in [0.29, 0.717) is 24.9 Å². The van der Waals surface area contributed by atoms with E-state index in [1.807, 2.05) is 6.92 Å². The van der Waals surface area contributed by atoms with Crippen LogP contribution in [0.15, 0.2) is 4.52 Å². The predicted octanol–water partition coefficient (Wildman–Crippen LogP) is 2.76. The van der Waals surface area contributed by atoms with Crippen LogP contribution in [-0.2, 0) is 26.3 Å². The summed E-state index contributed by atoms with van der Waals surface area (Å²) in [6.07, 6.45) is 6.44. The lowest BCUT2D eigenvalue weighted by Crippen LogP contribution is -2.30. The second-order valence-corrected chi connectivity index (χ2v) is 5.34. The van der Waals surface area contributed by atoms with Crippen LogP contribution in [0.4, 0.5) is 0 Å². The van der Waals surface area contributed by atoms with Gasteiger partial charge in [0.2, 0.25) is 11.7 Å². The molecule has 2 rings (SSSR count). The van der Waals surface area contributed by atoms with Gasteiger partial charge in [0, 0.05) is 6.61 Å². The van der Waals surface area contributed by atoms with E-state index >= 15 is 0 Å². The molecule has 118 valence electrons. The molecule has 0 radical (unpaired) electrons. The standard InChI is InChI=1S/C15H24N2O4/c1-3-19-13(18)11-12-16-14(17-21-12)15(20-4-2)9-7-5-6-8-10-15/h3-11H2,1-2H3. The van der Waals surface area contributed by atoms with Crippen LogP contribution in [0.1, 0.15) is 64.1 Å². The van der Waals surface area contributed by atoms with Gasteiger partial charge in [0.05, 0.1) is 6.61 Å². The molecule has 6 nitrogen and oxygen atoms in total. The molecule has 0 spiro atoms. The molecule has 1 aliphatic rings. The normalized spacial score (nSPS) is 18.2. The summed E-state index contributed by atoms with van der Waals surface area (Å²) in [6.45, 7) is 4.71. The molecular formula is C15H24N2O4. The quantitative estimate of drug-likeness (QED) is 0.593. The number of rotatable bonds is 6. The van der Waals surface area contributed by atoms with E-state index in [1.165, 1.54) is 12.8 Å². The zero-order valence-electron chi connectivity index (χ0n) is 12.9. The molecule has 0 amide bonds. The van der Waals surface area contributed by atoms with E-state index in [1.54, 1.807) is 6.92 Å². The van der Waals surface area contributed by atoms with Gasteiger partial charge in [-0.1, -0.05) is 30.8 Å². The Morgan fingerprint density at radius 3 is 2.52 bits per heavy atom. The van der Waals surface area contributed by atoms with Crippen LogP contribution in [0.25, 0.3) is 0 Å². The van der Waals surface area contributed by atoms with Gasteiger partial charge in [-0.15, -0.1) is 0 Å². The van der Waals surface area contributed by atoms with Crippen molar-refractivity contribution >= 4 is 5.97 Å². The average molecular weight is 296 g/mol. The van der Waals surface area contributed by atoms with Crippen LogP contribution < -0.4 is 0 Å². The molecule has 0 atom stereocenters. The largest absolute Gasteiger partial charge is 0.466 e. The summed E-state index contributed by atoms with van der Waals surface area (Å²) in [7, 11) is 0. The molecule has 1 saturated carbocycles. The van der Waals surface area contributed by atoms with Crippen molar-refractivity contribution in [1.29, 1.82) is 0 Å². The predicted molar refractivity (Wildman–Crippen MR) is 75.6 cm³/mol. The molecule has 0 unspecified atom stereocenters. The number of carbonyl (C=O) groups is 1. The first kappa shape index (κ1) is 15.9. The summed E-state index contributed by atoms with van der Waals surface area (Å²) < 4.78 is 16.1. The minimum Gasteiger partial charge on any atom is -0.466 e. The highest BCUT2D eigenvalue weighted by molar-refractivity contribution is 5.71. The third-order valence-corrected chi connectivity index (χ3v) is 3.81. The summed E-state index contributed by atoms with van der Waals surface area (Å²) >= 11 is 0. The molecule has 1 aromatic heterocycles. The summed E-state index contributed by atoms with van der Waals surface area (Å²) in [5, 5.41) is 4.07. The molecule has 0 aromatic carbocycles. The molecule has 0 bridgehead atoms. The fourth-order valence-corrected chi connectivity index (χ4v) is 2.86. The molecule has 1 aliphatic carbocycles. The molecule has 1 fully saturated rings. The van der Waals surface area contributed by atoms with E-state index in [0.717, 1.165) is 25.7 Å². The summed E-state index contributed by atoms with van der Waals surface area (Å²) in [5.74, 6) is 0.524. The number of hydrogen-bond donors (Lipinski definition) is 0. The second-order valence-electron chi connectivity index (χ2n) is 5.34. The molecule has 6 heteroatoms. The topological polar surface area (TPSA) is 74.5 Å². The van der Waals surface area contributed by atoms with Crippen molar-refractivity contribution in [2.24, 2.45) is 0 Å². The highest BCUT2D eigenvalue weighted by Gasteiger charge is 2.38. The Morgan fingerprint density at radius 1 is 1.19 bits per heavy atom. The Bertz CT molecular complexity index is 450. The number of carbonyl (C=O) groups excluding carboxylic acids is 1. The third kappa shape index (κ3) is 4.03. The first-order chi connectivity index (χ1) is 10.2. The number of aromatic nitrogens is 2.